The van der Waals surface area contributed by atoms with Crippen molar-refractivity contribution in [2.24, 2.45) is 5.92 Å². The van der Waals surface area contributed by atoms with Crippen molar-refractivity contribution in [1.82, 2.24) is 9.88 Å². The first-order valence-electron chi connectivity index (χ1n) is 14.7. The van der Waals surface area contributed by atoms with Crippen LogP contribution in [0.4, 0.5) is 39.5 Å². The highest BCUT2D eigenvalue weighted by molar-refractivity contribution is 6.34. The molecule has 0 aliphatic carbocycles. The number of hydrogen-bond donors (Lipinski definition) is 0. The predicted octanol–water partition coefficient (Wildman–Crippen LogP) is 6.01. The van der Waals surface area contributed by atoms with Crippen molar-refractivity contribution in [3.63, 3.8) is 0 Å². The van der Waals surface area contributed by atoms with E-state index in [0.717, 1.165) is 17.0 Å². The number of carbonyl (C=O) groups excluding carboxylic acids is 3. The van der Waals surface area contributed by atoms with Crippen LogP contribution >= 0.6 is 11.6 Å². The lowest BCUT2D eigenvalue weighted by molar-refractivity contribution is -0.137. The summed E-state index contributed by atoms with van der Waals surface area (Å²) in [5.74, 6) is -2.06. The van der Waals surface area contributed by atoms with E-state index in [1.807, 2.05) is 0 Å². The number of alkyl halides is 4. The Bertz CT molecular complexity index is 1510. The minimum absolute atomic E-state index is 0.0177. The van der Waals surface area contributed by atoms with E-state index in [1.54, 1.807) is 43.9 Å². The molecule has 1 aromatic carbocycles. The molecule has 3 aliphatic rings. The van der Waals surface area contributed by atoms with Crippen molar-refractivity contribution in [2.45, 2.75) is 70.4 Å². The van der Waals surface area contributed by atoms with Gasteiger partial charge < -0.3 is 19.4 Å². The van der Waals surface area contributed by atoms with Crippen LogP contribution in [0, 0.1) is 12.8 Å². The highest BCUT2D eigenvalue weighted by Gasteiger charge is 2.50. The minimum Gasteiger partial charge on any atom is -0.444 e. The van der Waals surface area contributed by atoms with Crippen molar-refractivity contribution in [3.05, 3.63) is 46.6 Å². The third-order valence-electron chi connectivity index (χ3n) is 8.41. The van der Waals surface area contributed by atoms with E-state index in [4.69, 9.17) is 16.3 Å². The molecule has 3 aliphatic heterocycles. The molecule has 2 saturated heterocycles. The van der Waals surface area contributed by atoms with Crippen LogP contribution < -0.4 is 14.7 Å². The predicted molar refractivity (Wildman–Crippen MR) is 161 cm³/mol. The molecular weight excluding hydrogens is 618 g/mol. The van der Waals surface area contributed by atoms with Gasteiger partial charge in [0.1, 0.15) is 23.1 Å². The molecule has 0 saturated carbocycles. The fourth-order valence-corrected chi connectivity index (χ4v) is 6.61. The van der Waals surface area contributed by atoms with E-state index >= 15 is 4.39 Å². The van der Waals surface area contributed by atoms with Crippen molar-refractivity contribution in [2.75, 3.05) is 47.9 Å². The van der Waals surface area contributed by atoms with Crippen LogP contribution in [-0.2, 0) is 20.5 Å². The van der Waals surface area contributed by atoms with Crippen molar-refractivity contribution >= 4 is 46.7 Å². The molecule has 3 amide bonds. The zero-order valence-electron chi connectivity index (χ0n) is 25.8. The number of likely N-dealkylation sites (N-methyl/N-ethyl adjacent to an activating group) is 1. The van der Waals surface area contributed by atoms with E-state index < -0.39 is 52.9 Å². The molecule has 0 bridgehead atoms. The van der Waals surface area contributed by atoms with Gasteiger partial charge in [-0.1, -0.05) is 17.7 Å². The molecule has 1 aromatic heterocycles. The molecular formula is C31H36ClF4N5O4. The van der Waals surface area contributed by atoms with Crippen LogP contribution in [0.1, 0.15) is 51.3 Å². The zero-order valence-corrected chi connectivity index (χ0v) is 26.5. The first kappa shape index (κ1) is 32.8. The van der Waals surface area contributed by atoms with Gasteiger partial charge in [0.2, 0.25) is 11.8 Å². The number of hydrogen-bond acceptors (Lipinski definition) is 6. The van der Waals surface area contributed by atoms with Gasteiger partial charge in [-0.3, -0.25) is 14.5 Å². The molecule has 2 atom stereocenters. The number of aromatic nitrogens is 1. The second kappa shape index (κ2) is 11.6. The molecule has 0 radical (unpaired) electrons. The van der Waals surface area contributed by atoms with Crippen LogP contribution in [0.2, 0.25) is 5.02 Å². The van der Waals surface area contributed by atoms with Crippen LogP contribution in [0.3, 0.4) is 0 Å². The average Bonchev–Trinajstić information content (AvgIpc) is 3.24. The summed E-state index contributed by atoms with van der Waals surface area (Å²) in [5.41, 5.74) is -2.61. The van der Waals surface area contributed by atoms with Crippen LogP contribution in [0.15, 0.2) is 30.3 Å². The molecule has 0 spiro atoms. The Hall–Kier alpha value is -3.61. The standard InChI is InChI=1S/C31H36ClF4N5O4/c1-18-13-20(31(34,35)36)15-23(37-18)41-24(42)14-19-16-40(26-21(32)7-6-8-22(26)38(5)27(43)25(19)41)17-30(33)9-11-39(12-10-30)28(44)45-29(2,3)4/h6-8,13,15,19,25H,9-12,14,16-17H2,1-5H3/t19-,25+/m1/s1. The van der Waals surface area contributed by atoms with Gasteiger partial charge in [-0.05, 0) is 52.0 Å². The number of aryl methyl sites for hydroxylation is 1. The summed E-state index contributed by atoms with van der Waals surface area (Å²) < 4.78 is 63.1. The van der Waals surface area contributed by atoms with Gasteiger partial charge in [-0.15, -0.1) is 0 Å². The second-order valence-electron chi connectivity index (χ2n) is 13.0. The average molecular weight is 654 g/mol. The Balaban J connectivity index is 1.48. The molecule has 9 nitrogen and oxygen atoms in total. The molecule has 244 valence electrons. The summed E-state index contributed by atoms with van der Waals surface area (Å²) in [6.07, 6.45) is -5.33. The number of benzene rings is 1. The smallest absolute Gasteiger partial charge is 0.416 e. The number of ether oxygens (including phenoxy) is 1. The van der Waals surface area contributed by atoms with Crippen molar-refractivity contribution in [1.29, 1.82) is 0 Å². The third kappa shape index (κ3) is 6.68. The number of para-hydroxylation sites is 1. The third-order valence-corrected chi connectivity index (χ3v) is 8.72. The van der Waals surface area contributed by atoms with Crippen LogP contribution in [-0.4, -0.2) is 78.3 Å². The molecule has 0 unspecified atom stereocenters. The summed E-state index contributed by atoms with van der Waals surface area (Å²) in [5, 5.41) is 0.275. The van der Waals surface area contributed by atoms with E-state index in [9.17, 15) is 27.6 Å². The van der Waals surface area contributed by atoms with Gasteiger partial charge in [-0.2, -0.15) is 13.2 Å². The van der Waals surface area contributed by atoms with Gasteiger partial charge in [-0.25, -0.2) is 14.2 Å². The monoisotopic (exact) mass is 653 g/mol. The Labute approximate surface area is 264 Å². The maximum absolute atomic E-state index is 16.6. The molecule has 4 heterocycles. The quantitative estimate of drug-likeness (QED) is 0.378. The Morgan fingerprint density at radius 3 is 2.42 bits per heavy atom. The van der Waals surface area contributed by atoms with Crippen molar-refractivity contribution < 1.29 is 36.7 Å². The van der Waals surface area contributed by atoms with E-state index in [0.29, 0.717) is 11.4 Å². The normalized spacial score (nSPS) is 22.2. The molecule has 0 N–H and O–H groups in total. The van der Waals surface area contributed by atoms with Gasteiger partial charge >= 0.3 is 12.3 Å². The first-order valence-corrected chi connectivity index (χ1v) is 15.1. The lowest BCUT2D eigenvalue weighted by Gasteiger charge is -2.43. The Morgan fingerprint density at radius 2 is 1.80 bits per heavy atom. The topological polar surface area (TPSA) is 86.3 Å². The van der Waals surface area contributed by atoms with Crippen LogP contribution in [0.5, 0.6) is 0 Å². The summed E-state index contributed by atoms with van der Waals surface area (Å²) >= 11 is 6.67. The number of rotatable bonds is 3. The van der Waals surface area contributed by atoms with Gasteiger partial charge in [0, 0.05) is 57.6 Å². The number of nitrogens with zero attached hydrogens (tertiary/aromatic N) is 5. The highest BCUT2D eigenvalue weighted by Crippen LogP contribution is 2.44. The number of pyridine rings is 1. The van der Waals surface area contributed by atoms with Gasteiger partial charge in [0.25, 0.3) is 0 Å². The number of anilines is 3. The highest BCUT2D eigenvalue weighted by atomic mass is 35.5. The SMILES string of the molecule is Cc1cc(C(F)(F)F)cc(N2C(=O)C[C@@H]3CN(CC4(F)CCN(C(=O)OC(C)(C)C)CC4)c4c(Cl)cccc4N(C)C(=O)[C@H]32)n1. The maximum Gasteiger partial charge on any atom is 0.416 e. The zero-order chi connectivity index (χ0) is 33.1. The van der Waals surface area contributed by atoms with Crippen molar-refractivity contribution in [3.8, 4) is 0 Å². The molecule has 14 heteroatoms. The molecule has 45 heavy (non-hydrogen) atoms. The van der Waals surface area contributed by atoms with E-state index in [1.165, 1.54) is 23.8 Å². The first-order chi connectivity index (χ1) is 20.9. The van der Waals surface area contributed by atoms with E-state index in [-0.39, 0.29) is 62.0 Å². The Kier molecular flexibility index (Phi) is 8.47. The number of fused-ring (bicyclic) bond motifs is 2. The number of likely N-dealkylation sites (tertiary alicyclic amines) is 1. The molecule has 5 rings (SSSR count). The summed E-state index contributed by atoms with van der Waals surface area (Å²) in [6, 6.07) is 5.39. The minimum atomic E-state index is -4.69. The summed E-state index contributed by atoms with van der Waals surface area (Å²) in [4.78, 5) is 49.8. The summed E-state index contributed by atoms with van der Waals surface area (Å²) in [6.45, 7) is 6.80. The lowest BCUT2D eigenvalue weighted by Crippen LogP contribution is -2.55. The number of halogens is 5. The second-order valence-corrected chi connectivity index (χ2v) is 13.4. The van der Waals surface area contributed by atoms with Crippen LogP contribution in [0.25, 0.3) is 0 Å². The maximum atomic E-state index is 16.6. The number of piperidine rings is 1. The molecule has 2 aromatic rings. The molecule has 2 fully saturated rings. The van der Waals surface area contributed by atoms with E-state index in [2.05, 4.69) is 4.98 Å². The summed E-state index contributed by atoms with van der Waals surface area (Å²) in [7, 11) is 1.49. The number of carbonyl (C=O) groups is 3. The fraction of sp³-hybridized carbons (Fsp3) is 0.548. The fourth-order valence-electron chi connectivity index (χ4n) is 6.32. The number of amides is 3. The van der Waals surface area contributed by atoms with Gasteiger partial charge in [0.05, 0.1) is 28.5 Å². The Morgan fingerprint density at radius 1 is 1.13 bits per heavy atom. The lowest BCUT2D eigenvalue weighted by atomic mass is 9.90. The largest absolute Gasteiger partial charge is 0.444 e. The van der Waals surface area contributed by atoms with Gasteiger partial charge in [0.15, 0.2) is 0 Å².